The minimum absolute atomic E-state index is 0.0756. The first-order valence-corrected chi connectivity index (χ1v) is 8.37. The molecule has 0 radical (unpaired) electrons. The van der Waals surface area contributed by atoms with Gasteiger partial charge in [-0.2, -0.15) is 0 Å². The SMILES string of the molecule is Cn1nncc1SCC1(C(=O)O)CS[C@@H]2C(N)C(=O)N2C1. The third-order valence-corrected chi connectivity index (χ3v) is 6.78. The Bertz CT molecular complexity index is 594. The highest BCUT2D eigenvalue weighted by molar-refractivity contribution is 8.00. The van der Waals surface area contributed by atoms with Gasteiger partial charge in [-0.25, -0.2) is 4.68 Å². The number of hydrogen-bond acceptors (Lipinski definition) is 7. The maximum Gasteiger partial charge on any atom is 0.313 e. The number of aliphatic carboxylic acids is 1. The molecular formula is C11H15N5O3S2. The Morgan fingerprint density at radius 1 is 1.71 bits per heavy atom. The first-order valence-electron chi connectivity index (χ1n) is 6.33. The number of carbonyl (C=O) groups excluding carboxylic acids is 1. The Balaban J connectivity index is 1.74. The highest BCUT2D eigenvalue weighted by Gasteiger charge is 2.55. The van der Waals surface area contributed by atoms with Gasteiger partial charge in [-0.3, -0.25) is 9.59 Å². The molecular weight excluding hydrogens is 314 g/mol. The van der Waals surface area contributed by atoms with Crippen LogP contribution in [0.4, 0.5) is 0 Å². The Morgan fingerprint density at radius 3 is 3.10 bits per heavy atom. The average Bonchev–Trinajstić information content (AvgIpc) is 2.89. The van der Waals surface area contributed by atoms with Crippen LogP contribution in [-0.4, -0.2) is 66.3 Å². The summed E-state index contributed by atoms with van der Waals surface area (Å²) in [4.78, 5) is 25.1. The predicted molar refractivity (Wildman–Crippen MR) is 77.7 cm³/mol. The highest BCUT2D eigenvalue weighted by atomic mass is 32.2. The molecule has 1 aromatic heterocycles. The third-order valence-electron chi connectivity index (χ3n) is 3.81. The van der Waals surface area contributed by atoms with E-state index in [0.717, 1.165) is 5.03 Å². The standard InChI is InChI=1S/C11H15N5O3S2/c1-15-6(2-13-14-15)20-4-11(10(18)19)3-16-8(17)7(12)9(16)21-5-11/h2,7,9H,3-5,12H2,1H3,(H,18,19)/t7?,9-,11?/m1/s1. The number of carbonyl (C=O) groups is 2. The van der Waals surface area contributed by atoms with Crippen LogP contribution in [0.25, 0.3) is 0 Å². The second kappa shape index (κ2) is 5.18. The number of carboxylic acid groups (broad SMARTS) is 1. The lowest BCUT2D eigenvalue weighted by atomic mass is 9.89. The number of hydrogen-bond donors (Lipinski definition) is 2. The van der Waals surface area contributed by atoms with Crippen LogP contribution in [-0.2, 0) is 16.6 Å². The van der Waals surface area contributed by atoms with E-state index in [4.69, 9.17) is 5.73 Å². The average molecular weight is 329 g/mol. The fraction of sp³-hybridized carbons (Fsp3) is 0.636. The summed E-state index contributed by atoms with van der Waals surface area (Å²) in [6.45, 7) is 0.213. The molecule has 2 aliphatic rings. The number of amides is 1. The Morgan fingerprint density at radius 2 is 2.48 bits per heavy atom. The van der Waals surface area contributed by atoms with Crippen LogP contribution in [0.1, 0.15) is 0 Å². The van der Waals surface area contributed by atoms with Gasteiger partial charge in [-0.05, 0) is 0 Å². The molecule has 2 aliphatic heterocycles. The van der Waals surface area contributed by atoms with Crippen molar-refractivity contribution in [2.24, 2.45) is 18.2 Å². The quantitative estimate of drug-likeness (QED) is 0.546. The highest BCUT2D eigenvalue weighted by Crippen LogP contribution is 2.43. The molecule has 1 aromatic rings. The van der Waals surface area contributed by atoms with Gasteiger partial charge in [-0.15, -0.1) is 28.6 Å². The lowest BCUT2D eigenvalue weighted by Crippen LogP contribution is -2.72. The van der Waals surface area contributed by atoms with Gasteiger partial charge in [0.2, 0.25) is 5.91 Å². The number of fused-ring (bicyclic) bond motifs is 1. The first kappa shape index (κ1) is 14.7. The summed E-state index contributed by atoms with van der Waals surface area (Å²) >= 11 is 2.84. The van der Waals surface area contributed by atoms with Crippen LogP contribution >= 0.6 is 23.5 Å². The van der Waals surface area contributed by atoms with Crippen LogP contribution in [0.3, 0.4) is 0 Å². The van der Waals surface area contributed by atoms with E-state index in [-0.39, 0.29) is 17.8 Å². The maximum atomic E-state index is 11.8. The van der Waals surface area contributed by atoms with Crippen molar-refractivity contribution in [3.05, 3.63) is 6.20 Å². The van der Waals surface area contributed by atoms with Gasteiger partial charge in [0.15, 0.2) is 0 Å². The van der Waals surface area contributed by atoms with Crippen molar-refractivity contribution in [2.75, 3.05) is 18.1 Å². The summed E-state index contributed by atoms with van der Waals surface area (Å²) in [6, 6.07) is -0.490. The Labute approximate surface area is 129 Å². The van der Waals surface area contributed by atoms with E-state index < -0.39 is 17.4 Å². The van der Waals surface area contributed by atoms with Gasteiger partial charge in [0, 0.05) is 25.1 Å². The molecule has 0 spiro atoms. The number of carboxylic acids is 1. The van der Waals surface area contributed by atoms with Crippen molar-refractivity contribution < 1.29 is 14.7 Å². The zero-order chi connectivity index (χ0) is 15.2. The lowest BCUT2D eigenvalue weighted by Gasteiger charge is -2.52. The van der Waals surface area contributed by atoms with Crippen molar-refractivity contribution in [3.8, 4) is 0 Å². The van der Waals surface area contributed by atoms with Gasteiger partial charge >= 0.3 is 5.97 Å². The number of rotatable bonds is 4. The Kier molecular flexibility index (Phi) is 3.62. The van der Waals surface area contributed by atoms with Crippen LogP contribution in [0.15, 0.2) is 11.2 Å². The first-order chi connectivity index (χ1) is 9.94. The zero-order valence-electron chi connectivity index (χ0n) is 11.3. The molecule has 2 unspecified atom stereocenters. The molecule has 3 N–H and O–H groups in total. The van der Waals surface area contributed by atoms with E-state index in [1.54, 1.807) is 22.8 Å². The summed E-state index contributed by atoms with van der Waals surface area (Å²) in [5.41, 5.74) is 4.76. The molecule has 1 amide bonds. The molecule has 3 heterocycles. The van der Waals surface area contributed by atoms with Gasteiger partial charge in [0.05, 0.1) is 6.20 Å². The van der Waals surface area contributed by atoms with Gasteiger partial charge in [-0.1, -0.05) is 5.21 Å². The molecule has 2 fully saturated rings. The van der Waals surface area contributed by atoms with E-state index in [2.05, 4.69) is 10.3 Å². The Hall–Kier alpha value is -1.26. The summed E-state index contributed by atoms with van der Waals surface area (Å²) < 4.78 is 1.60. The third kappa shape index (κ3) is 2.30. The second-order valence-electron chi connectivity index (χ2n) is 5.26. The van der Waals surface area contributed by atoms with Crippen LogP contribution < -0.4 is 5.73 Å². The van der Waals surface area contributed by atoms with E-state index in [9.17, 15) is 14.7 Å². The van der Waals surface area contributed by atoms with E-state index in [1.807, 2.05) is 0 Å². The van der Waals surface area contributed by atoms with Crippen molar-refractivity contribution in [2.45, 2.75) is 16.4 Å². The number of aromatic nitrogens is 3. The predicted octanol–water partition coefficient (Wildman–Crippen LogP) is -0.779. The van der Waals surface area contributed by atoms with Crippen LogP contribution in [0.2, 0.25) is 0 Å². The molecule has 3 atom stereocenters. The van der Waals surface area contributed by atoms with E-state index in [0.29, 0.717) is 11.5 Å². The molecule has 0 aliphatic carbocycles. The normalized spacial score (nSPS) is 31.7. The van der Waals surface area contributed by atoms with E-state index >= 15 is 0 Å². The molecule has 0 saturated carbocycles. The molecule has 10 heteroatoms. The number of nitrogens with zero attached hydrogens (tertiary/aromatic N) is 4. The number of β-lactam (4-membered cyclic amide) rings is 1. The smallest absolute Gasteiger partial charge is 0.313 e. The van der Waals surface area contributed by atoms with Crippen LogP contribution in [0, 0.1) is 5.41 Å². The van der Waals surface area contributed by atoms with Gasteiger partial charge in [0.25, 0.3) is 0 Å². The monoisotopic (exact) mass is 329 g/mol. The number of nitrogens with two attached hydrogens (primary N) is 1. The van der Waals surface area contributed by atoms with Crippen molar-refractivity contribution in [3.63, 3.8) is 0 Å². The molecule has 3 rings (SSSR count). The second-order valence-corrected chi connectivity index (χ2v) is 7.36. The molecule has 114 valence electrons. The summed E-state index contributed by atoms with van der Waals surface area (Å²) in [6.07, 6.45) is 1.60. The molecule has 2 saturated heterocycles. The van der Waals surface area contributed by atoms with Gasteiger partial charge < -0.3 is 15.7 Å². The minimum Gasteiger partial charge on any atom is -0.481 e. The fourth-order valence-corrected chi connectivity index (χ4v) is 5.13. The van der Waals surface area contributed by atoms with Crippen molar-refractivity contribution >= 4 is 35.4 Å². The van der Waals surface area contributed by atoms with E-state index in [1.165, 1.54) is 23.5 Å². The van der Waals surface area contributed by atoms with Crippen LogP contribution in [0.5, 0.6) is 0 Å². The molecule has 0 bridgehead atoms. The van der Waals surface area contributed by atoms with Crippen molar-refractivity contribution in [1.82, 2.24) is 19.9 Å². The fourth-order valence-electron chi connectivity index (χ4n) is 2.43. The maximum absolute atomic E-state index is 11.8. The minimum atomic E-state index is -0.966. The van der Waals surface area contributed by atoms with Gasteiger partial charge in [0.1, 0.15) is 21.9 Å². The van der Waals surface area contributed by atoms with Crippen molar-refractivity contribution in [1.29, 1.82) is 0 Å². The number of thioether (sulfide) groups is 2. The number of aryl methyl sites for hydroxylation is 1. The topological polar surface area (TPSA) is 114 Å². The lowest BCUT2D eigenvalue weighted by molar-refractivity contribution is -0.155. The molecule has 8 nitrogen and oxygen atoms in total. The summed E-state index contributed by atoms with van der Waals surface area (Å²) in [5.74, 6) is -0.236. The summed E-state index contributed by atoms with van der Waals surface area (Å²) in [7, 11) is 1.76. The molecule has 0 aromatic carbocycles. The summed E-state index contributed by atoms with van der Waals surface area (Å²) in [5, 5.41) is 17.9. The zero-order valence-corrected chi connectivity index (χ0v) is 12.9. The molecule has 21 heavy (non-hydrogen) atoms. The largest absolute Gasteiger partial charge is 0.481 e.